The minimum Gasteiger partial charge on any atom is -0.483 e. The predicted molar refractivity (Wildman–Crippen MR) is 138 cm³/mol. The summed E-state index contributed by atoms with van der Waals surface area (Å²) in [7, 11) is -3.87. The number of nitrogens with zero attached hydrogens (tertiary/aromatic N) is 3. The fourth-order valence-electron chi connectivity index (χ4n) is 3.48. The van der Waals surface area contributed by atoms with E-state index < -0.39 is 15.9 Å². The standard InChI is InChI=1S/C26H21N5O6S/c1-17-15-23(29-36-17)31-38(33,34)20-13-11-19(12-14-20)27-24(32)16-35-22-10-6-5-9-21(22)26-28-25(30-37-26)18-7-3-2-4-8-18/h2-15H,16H2,1H3,(H,27,32)(H,29,31). The normalized spacial score (nSPS) is 11.2. The molecule has 0 radical (unpaired) electrons. The molecule has 2 aromatic heterocycles. The highest BCUT2D eigenvalue weighted by Gasteiger charge is 2.18. The van der Waals surface area contributed by atoms with Gasteiger partial charge >= 0.3 is 0 Å². The van der Waals surface area contributed by atoms with Gasteiger partial charge in [0.1, 0.15) is 11.5 Å². The molecule has 3 aromatic carbocycles. The van der Waals surface area contributed by atoms with E-state index in [0.29, 0.717) is 28.6 Å². The van der Waals surface area contributed by atoms with Crippen molar-refractivity contribution in [3.8, 4) is 28.6 Å². The molecule has 1 amide bonds. The second-order valence-corrected chi connectivity index (χ2v) is 9.76. The van der Waals surface area contributed by atoms with E-state index in [-0.39, 0.29) is 23.2 Å². The lowest BCUT2D eigenvalue weighted by Gasteiger charge is -2.10. The molecule has 5 rings (SSSR count). The molecule has 192 valence electrons. The minimum absolute atomic E-state index is 0.00393. The molecule has 0 aliphatic rings. The first-order valence-electron chi connectivity index (χ1n) is 11.3. The molecule has 38 heavy (non-hydrogen) atoms. The maximum absolute atomic E-state index is 12.5. The van der Waals surface area contributed by atoms with Crippen LogP contribution in [0.2, 0.25) is 0 Å². The number of ether oxygens (including phenoxy) is 1. The third-order valence-corrected chi connectivity index (χ3v) is 6.62. The quantitative estimate of drug-likeness (QED) is 0.280. The molecule has 0 aliphatic carbocycles. The van der Waals surface area contributed by atoms with E-state index in [4.69, 9.17) is 13.8 Å². The number of benzene rings is 3. The Morgan fingerprint density at radius 1 is 0.921 bits per heavy atom. The molecule has 5 aromatic rings. The first-order chi connectivity index (χ1) is 18.4. The molecule has 12 heteroatoms. The first-order valence-corrected chi connectivity index (χ1v) is 12.8. The molecule has 0 aliphatic heterocycles. The summed E-state index contributed by atoms with van der Waals surface area (Å²) in [5.41, 5.74) is 1.75. The summed E-state index contributed by atoms with van der Waals surface area (Å²) < 4.78 is 43.4. The number of amides is 1. The molecule has 2 heterocycles. The Hall–Kier alpha value is -4.97. The van der Waals surface area contributed by atoms with Gasteiger partial charge in [-0.25, -0.2) is 8.42 Å². The molecule has 0 spiro atoms. The van der Waals surface area contributed by atoms with Crippen molar-refractivity contribution < 1.29 is 27.0 Å². The summed E-state index contributed by atoms with van der Waals surface area (Å²) in [6, 6.07) is 23.5. The fraction of sp³-hybridized carbons (Fsp3) is 0.0769. The van der Waals surface area contributed by atoms with Crippen molar-refractivity contribution in [3.05, 3.63) is 90.7 Å². The Bertz CT molecular complexity index is 1660. The fourth-order valence-corrected chi connectivity index (χ4v) is 4.46. The lowest BCUT2D eigenvalue weighted by molar-refractivity contribution is -0.118. The van der Waals surface area contributed by atoms with E-state index in [2.05, 4.69) is 25.3 Å². The number of carbonyl (C=O) groups is 1. The SMILES string of the molecule is Cc1cc(NS(=O)(=O)c2ccc(NC(=O)COc3ccccc3-c3nc(-c4ccccc4)no3)cc2)no1. The van der Waals surface area contributed by atoms with Crippen molar-refractivity contribution >= 4 is 27.4 Å². The molecular weight excluding hydrogens is 510 g/mol. The molecule has 2 N–H and O–H groups in total. The van der Waals surface area contributed by atoms with E-state index >= 15 is 0 Å². The Balaban J connectivity index is 1.21. The van der Waals surface area contributed by atoms with Crippen molar-refractivity contribution in [2.75, 3.05) is 16.6 Å². The lowest BCUT2D eigenvalue weighted by Crippen LogP contribution is -2.20. The van der Waals surface area contributed by atoms with Crippen molar-refractivity contribution in [2.24, 2.45) is 0 Å². The van der Waals surface area contributed by atoms with Gasteiger partial charge in [-0.05, 0) is 43.3 Å². The number of hydrogen-bond acceptors (Lipinski definition) is 9. The van der Waals surface area contributed by atoms with E-state index in [1.165, 1.54) is 30.3 Å². The monoisotopic (exact) mass is 531 g/mol. The third-order valence-electron chi connectivity index (χ3n) is 5.25. The summed E-state index contributed by atoms with van der Waals surface area (Å²) >= 11 is 0. The minimum atomic E-state index is -3.87. The highest BCUT2D eigenvalue weighted by molar-refractivity contribution is 7.92. The van der Waals surface area contributed by atoms with Gasteiger partial charge in [0.2, 0.25) is 5.82 Å². The number of para-hydroxylation sites is 1. The zero-order valence-corrected chi connectivity index (χ0v) is 20.8. The van der Waals surface area contributed by atoms with E-state index in [1.807, 2.05) is 30.3 Å². The molecule has 0 atom stereocenters. The maximum Gasteiger partial charge on any atom is 0.263 e. The van der Waals surface area contributed by atoms with Crippen LogP contribution in [-0.2, 0) is 14.8 Å². The number of anilines is 2. The van der Waals surface area contributed by atoms with Crippen LogP contribution in [-0.4, -0.2) is 36.2 Å². The van der Waals surface area contributed by atoms with Crippen molar-refractivity contribution in [2.45, 2.75) is 11.8 Å². The highest BCUT2D eigenvalue weighted by atomic mass is 32.2. The van der Waals surface area contributed by atoms with Crippen LogP contribution >= 0.6 is 0 Å². The van der Waals surface area contributed by atoms with Gasteiger partial charge in [-0.1, -0.05) is 52.8 Å². The van der Waals surface area contributed by atoms with Crippen LogP contribution < -0.4 is 14.8 Å². The zero-order chi connectivity index (χ0) is 26.5. The second-order valence-electron chi connectivity index (χ2n) is 8.07. The number of carbonyl (C=O) groups excluding carboxylic acids is 1. The highest BCUT2D eigenvalue weighted by Crippen LogP contribution is 2.30. The van der Waals surface area contributed by atoms with Gasteiger partial charge in [-0.2, -0.15) is 4.98 Å². The summed E-state index contributed by atoms with van der Waals surface area (Å²) in [6.07, 6.45) is 0. The molecule has 0 fully saturated rings. The van der Waals surface area contributed by atoms with Crippen molar-refractivity contribution in [1.29, 1.82) is 0 Å². The summed E-state index contributed by atoms with van der Waals surface area (Å²) in [6.45, 7) is 1.35. The van der Waals surface area contributed by atoms with Gasteiger partial charge in [-0.15, -0.1) is 0 Å². The van der Waals surface area contributed by atoms with Crippen LogP contribution in [0.3, 0.4) is 0 Å². The number of sulfonamides is 1. The summed E-state index contributed by atoms with van der Waals surface area (Å²) in [5.74, 6) is 1.19. The summed E-state index contributed by atoms with van der Waals surface area (Å²) in [4.78, 5) is 16.9. The Morgan fingerprint density at radius 2 is 1.66 bits per heavy atom. The molecule has 0 saturated heterocycles. The number of hydrogen-bond donors (Lipinski definition) is 2. The average Bonchev–Trinajstić information content (AvgIpc) is 3.57. The molecule has 0 unspecified atom stereocenters. The predicted octanol–water partition coefficient (Wildman–Crippen LogP) is 4.52. The van der Waals surface area contributed by atoms with Crippen LogP contribution in [0.4, 0.5) is 11.5 Å². The van der Waals surface area contributed by atoms with Gasteiger partial charge in [0, 0.05) is 17.3 Å². The van der Waals surface area contributed by atoms with Gasteiger partial charge in [0.25, 0.3) is 21.8 Å². The summed E-state index contributed by atoms with van der Waals surface area (Å²) in [5, 5.41) is 10.3. The smallest absolute Gasteiger partial charge is 0.263 e. The number of rotatable bonds is 9. The van der Waals surface area contributed by atoms with Crippen LogP contribution in [0.5, 0.6) is 5.75 Å². The lowest BCUT2D eigenvalue weighted by atomic mass is 10.2. The molecule has 11 nitrogen and oxygen atoms in total. The Kier molecular flexibility index (Phi) is 6.87. The van der Waals surface area contributed by atoms with Crippen LogP contribution in [0.1, 0.15) is 5.76 Å². The van der Waals surface area contributed by atoms with E-state index in [9.17, 15) is 13.2 Å². The van der Waals surface area contributed by atoms with Crippen LogP contribution in [0.15, 0.2) is 98.9 Å². The van der Waals surface area contributed by atoms with Crippen molar-refractivity contribution in [3.63, 3.8) is 0 Å². The Labute approximate surface area is 217 Å². The van der Waals surface area contributed by atoms with E-state index in [0.717, 1.165) is 5.56 Å². The topological polar surface area (TPSA) is 149 Å². The largest absolute Gasteiger partial charge is 0.483 e. The maximum atomic E-state index is 12.5. The van der Waals surface area contributed by atoms with Gasteiger partial charge in [0.05, 0.1) is 10.5 Å². The van der Waals surface area contributed by atoms with Gasteiger partial charge in [0.15, 0.2) is 12.4 Å². The number of aromatic nitrogens is 3. The molecule has 0 saturated carbocycles. The van der Waals surface area contributed by atoms with Crippen LogP contribution in [0, 0.1) is 6.92 Å². The number of aryl methyl sites for hydroxylation is 1. The van der Waals surface area contributed by atoms with Crippen molar-refractivity contribution in [1.82, 2.24) is 15.3 Å². The van der Waals surface area contributed by atoms with Gasteiger partial charge in [-0.3, -0.25) is 9.52 Å². The average molecular weight is 532 g/mol. The molecule has 0 bridgehead atoms. The zero-order valence-electron chi connectivity index (χ0n) is 20.0. The number of nitrogens with one attached hydrogen (secondary N) is 2. The third kappa shape index (κ3) is 5.71. The van der Waals surface area contributed by atoms with Gasteiger partial charge < -0.3 is 19.1 Å². The van der Waals surface area contributed by atoms with E-state index in [1.54, 1.807) is 31.2 Å². The Morgan fingerprint density at radius 3 is 2.39 bits per heavy atom. The first kappa shape index (κ1) is 24.7. The molecular formula is C26H21N5O6S. The second kappa shape index (κ2) is 10.6. The van der Waals surface area contributed by atoms with Crippen LogP contribution in [0.25, 0.3) is 22.8 Å².